The van der Waals surface area contributed by atoms with E-state index in [4.69, 9.17) is 0 Å². The first-order chi connectivity index (χ1) is 6.22. The zero-order valence-electron chi connectivity index (χ0n) is 9.64. The topological polar surface area (TPSA) is 0 Å². The van der Waals surface area contributed by atoms with E-state index in [0.29, 0.717) is 0 Å². The molecule has 1 aromatic carbocycles. The van der Waals surface area contributed by atoms with Gasteiger partial charge in [0.1, 0.15) is 0 Å². The molecule has 0 radical (unpaired) electrons. The molecule has 0 aromatic heterocycles. The van der Waals surface area contributed by atoms with Crippen LogP contribution in [0.4, 0.5) is 0 Å². The zero-order chi connectivity index (χ0) is 9.68. The molecule has 0 amide bonds. The SMILES string of the molecule is [CH2-]CCc1[c-]ccc(CC(C)C)c1.[K+]. The summed E-state index contributed by atoms with van der Waals surface area (Å²) in [6, 6.07) is 9.69. The molecule has 0 spiro atoms. The minimum absolute atomic E-state index is 0. The van der Waals surface area contributed by atoms with E-state index in [1.165, 1.54) is 17.5 Å². The molecule has 0 saturated carbocycles. The number of benzene rings is 1. The molecule has 0 bridgehead atoms. The van der Waals surface area contributed by atoms with Gasteiger partial charge >= 0.3 is 51.4 Å². The summed E-state index contributed by atoms with van der Waals surface area (Å²) in [5.74, 6) is 0.731. The summed E-state index contributed by atoms with van der Waals surface area (Å²) in [4.78, 5) is 0. The van der Waals surface area contributed by atoms with E-state index in [1.54, 1.807) is 0 Å². The molecule has 1 aromatic rings. The van der Waals surface area contributed by atoms with E-state index in [2.05, 4.69) is 39.0 Å². The van der Waals surface area contributed by atoms with Gasteiger partial charge in [0.2, 0.25) is 0 Å². The Morgan fingerprint density at radius 2 is 2.14 bits per heavy atom. The van der Waals surface area contributed by atoms with Gasteiger partial charge in [-0.3, -0.25) is 0 Å². The summed E-state index contributed by atoms with van der Waals surface area (Å²) in [7, 11) is 0. The van der Waals surface area contributed by atoms with Gasteiger partial charge in [0.05, 0.1) is 0 Å². The van der Waals surface area contributed by atoms with Crippen LogP contribution in [0.15, 0.2) is 18.2 Å². The molecule has 1 heteroatoms. The van der Waals surface area contributed by atoms with Crippen molar-refractivity contribution in [2.45, 2.75) is 33.1 Å². The van der Waals surface area contributed by atoms with Crippen LogP contribution in [0.2, 0.25) is 0 Å². The molecule has 0 saturated heterocycles. The first kappa shape index (κ1) is 14.9. The summed E-state index contributed by atoms with van der Waals surface area (Å²) in [6.45, 7) is 8.35. The smallest absolute Gasteiger partial charge is 0.343 e. The van der Waals surface area contributed by atoms with Gasteiger partial charge in [0.15, 0.2) is 0 Å². The van der Waals surface area contributed by atoms with Crippen LogP contribution in [0.3, 0.4) is 0 Å². The van der Waals surface area contributed by atoms with Crippen LogP contribution >= 0.6 is 0 Å². The van der Waals surface area contributed by atoms with Crippen molar-refractivity contribution in [1.29, 1.82) is 0 Å². The Bertz CT molecular complexity index is 253. The Balaban J connectivity index is 0.00000169. The van der Waals surface area contributed by atoms with Gasteiger partial charge in [-0.25, -0.2) is 0 Å². The first-order valence-electron chi connectivity index (χ1n) is 5.01. The van der Waals surface area contributed by atoms with E-state index in [-0.39, 0.29) is 51.4 Å². The van der Waals surface area contributed by atoms with Crippen molar-refractivity contribution in [1.82, 2.24) is 0 Å². The van der Waals surface area contributed by atoms with E-state index >= 15 is 0 Å². The second-order valence-electron chi connectivity index (χ2n) is 3.92. The predicted octanol–water partition coefficient (Wildman–Crippen LogP) is 0.456. The van der Waals surface area contributed by atoms with E-state index < -0.39 is 0 Å². The van der Waals surface area contributed by atoms with Crippen LogP contribution < -0.4 is 51.4 Å². The van der Waals surface area contributed by atoms with Crippen molar-refractivity contribution in [3.05, 3.63) is 42.3 Å². The molecule has 72 valence electrons. The van der Waals surface area contributed by atoms with Gasteiger partial charge in [0, 0.05) is 0 Å². The molecule has 0 aliphatic rings. The van der Waals surface area contributed by atoms with E-state index in [0.717, 1.165) is 18.8 Å². The fourth-order valence-corrected chi connectivity index (χ4v) is 1.50. The zero-order valence-corrected chi connectivity index (χ0v) is 12.8. The van der Waals surface area contributed by atoms with Gasteiger partial charge in [-0.2, -0.15) is 41.8 Å². The Labute approximate surface area is 131 Å². The third-order valence-electron chi connectivity index (χ3n) is 2.02. The molecule has 1 rings (SSSR count). The van der Waals surface area contributed by atoms with Crippen molar-refractivity contribution in [3.63, 3.8) is 0 Å². The summed E-state index contributed by atoms with van der Waals surface area (Å²) in [6.07, 6.45) is 3.17. The average molecular weight is 213 g/mol. The first-order valence-corrected chi connectivity index (χ1v) is 5.01. The number of hydrogen-bond acceptors (Lipinski definition) is 0. The second kappa shape index (κ2) is 8.06. The van der Waals surface area contributed by atoms with E-state index in [1.807, 2.05) is 6.07 Å². The molecule has 0 fully saturated rings. The summed E-state index contributed by atoms with van der Waals surface area (Å²) < 4.78 is 0. The Hall–Kier alpha value is 0.856. The van der Waals surface area contributed by atoms with Crippen LogP contribution in [-0.2, 0) is 12.8 Å². The van der Waals surface area contributed by atoms with Gasteiger partial charge in [-0.1, -0.05) is 20.3 Å². The molecule has 0 aliphatic heterocycles. The standard InChI is InChI=1S/C13H18.K/c1-4-6-12-7-5-8-13(10-12)9-11(2)3;/h5,8,10-11H,1,4,6,9H2,2-3H3;/q-2;+1. The molecule has 0 heterocycles. The van der Waals surface area contributed by atoms with Gasteiger partial charge in [0.25, 0.3) is 0 Å². The number of rotatable bonds is 4. The monoisotopic (exact) mass is 213 g/mol. The third-order valence-corrected chi connectivity index (χ3v) is 2.02. The molecular weight excluding hydrogens is 195 g/mol. The minimum Gasteiger partial charge on any atom is -0.343 e. The Morgan fingerprint density at radius 1 is 1.43 bits per heavy atom. The average Bonchev–Trinajstić information content (AvgIpc) is 2.04. The normalized spacial score (nSPS) is 10.0. The second-order valence-corrected chi connectivity index (χ2v) is 3.92. The van der Waals surface area contributed by atoms with Crippen molar-refractivity contribution in [2.75, 3.05) is 0 Å². The summed E-state index contributed by atoms with van der Waals surface area (Å²) in [5.41, 5.74) is 2.73. The molecule has 14 heavy (non-hydrogen) atoms. The van der Waals surface area contributed by atoms with Crippen LogP contribution in [-0.4, -0.2) is 0 Å². The third kappa shape index (κ3) is 5.67. The van der Waals surface area contributed by atoms with E-state index in [9.17, 15) is 0 Å². The van der Waals surface area contributed by atoms with Crippen LogP contribution in [0.25, 0.3) is 0 Å². The fraction of sp³-hybridized carbons (Fsp3) is 0.462. The summed E-state index contributed by atoms with van der Waals surface area (Å²) in [5, 5.41) is 0. The fourth-order valence-electron chi connectivity index (χ4n) is 1.50. The maximum absolute atomic E-state index is 3.85. The van der Waals surface area contributed by atoms with Crippen LogP contribution in [0.5, 0.6) is 0 Å². The molecular formula is C13H18K-. The molecule has 0 nitrogen and oxygen atoms in total. The maximum Gasteiger partial charge on any atom is 1.00 e. The Morgan fingerprint density at radius 3 is 2.71 bits per heavy atom. The van der Waals surface area contributed by atoms with Crippen LogP contribution in [0.1, 0.15) is 31.4 Å². The predicted molar refractivity (Wildman–Crippen MR) is 57.5 cm³/mol. The number of aryl methyl sites for hydroxylation is 1. The van der Waals surface area contributed by atoms with Gasteiger partial charge < -0.3 is 6.92 Å². The van der Waals surface area contributed by atoms with Crippen molar-refractivity contribution >= 4 is 0 Å². The maximum atomic E-state index is 3.85. The molecule has 0 atom stereocenters. The molecule has 0 N–H and O–H groups in total. The molecule has 0 unspecified atom stereocenters. The Kier molecular flexibility index (Phi) is 8.55. The minimum atomic E-state index is 0. The van der Waals surface area contributed by atoms with Gasteiger partial charge in [-0.15, -0.1) is 0 Å². The quantitative estimate of drug-likeness (QED) is 0.503. The van der Waals surface area contributed by atoms with Crippen molar-refractivity contribution in [2.24, 2.45) is 5.92 Å². The summed E-state index contributed by atoms with van der Waals surface area (Å²) >= 11 is 0. The largest absolute Gasteiger partial charge is 1.00 e. The van der Waals surface area contributed by atoms with Crippen LogP contribution in [0, 0.1) is 18.9 Å². The van der Waals surface area contributed by atoms with Crippen molar-refractivity contribution < 1.29 is 51.4 Å². The number of hydrogen-bond donors (Lipinski definition) is 0. The van der Waals surface area contributed by atoms with Crippen molar-refractivity contribution in [3.8, 4) is 0 Å². The molecule has 0 aliphatic carbocycles. The van der Waals surface area contributed by atoms with Gasteiger partial charge in [-0.05, 0) is 12.3 Å².